The second kappa shape index (κ2) is 6.51. The minimum Gasteiger partial charge on any atom is -0.338 e. The second-order valence-electron chi connectivity index (χ2n) is 6.36. The van der Waals surface area contributed by atoms with E-state index in [2.05, 4.69) is 30.9 Å². The number of nitrogens with zero attached hydrogens (tertiary/aromatic N) is 2. The van der Waals surface area contributed by atoms with Gasteiger partial charge in [0.1, 0.15) is 0 Å². The van der Waals surface area contributed by atoms with Gasteiger partial charge in [-0.2, -0.15) is 4.98 Å². The van der Waals surface area contributed by atoms with E-state index in [1.807, 2.05) is 0 Å². The van der Waals surface area contributed by atoms with Crippen molar-refractivity contribution in [3.8, 4) is 0 Å². The van der Waals surface area contributed by atoms with E-state index < -0.39 is 0 Å². The summed E-state index contributed by atoms with van der Waals surface area (Å²) in [6.45, 7) is 6.58. The van der Waals surface area contributed by atoms with Gasteiger partial charge < -0.3 is 10.3 Å². The fourth-order valence-electron chi connectivity index (χ4n) is 3.07. The quantitative estimate of drug-likeness (QED) is 0.879. The maximum atomic E-state index is 6.10. The van der Waals surface area contributed by atoms with Crippen molar-refractivity contribution in [3.05, 3.63) is 11.7 Å². The van der Waals surface area contributed by atoms with Gasteiger partial charge in [-0.3, -0.25) is 0 Å². The minimum absolute atomic E-state index is 0.119. The van der Waals surface area contributed by atoms with Crippen LogP contribution < -0.4 is 5.73 Å². The third kappa shape index (κ3) is 3.78. The highest BCUT2D eigenvalue weighted by Crippen LogP contribution is 2.36. The van der Waals surface area contributed by atoms with E-state index >= 15 is 0 Å². The number of hydrogen-bond donors (Lipinski definition) is 1. The van der Waals surface area contributed by atoms with Crippen molar-refractivity contribution in [1.29, 1.82) is 0 Å². The van der Waals surface area contributed by atoms with Crippen molar-refractivity contribution in [2.75, 3.05) is 0 Å². The molecule has 1 aromatic rings. The number of nitrogens with two attached hydrogens (primary N) is 1. The van der Waals surface area contributed by atoms with Crippen molar-refractivity contribution in [2.24, 2.45) is 17.6 Å². The maximum absolute atomic E-state index is 6.10. The van der Waals surface area contributed by atoms with Crippen LogP contribution >= 0.6 is 0 Å². The molecule has 0 radical (unpaired) electrons. The lowest BCUT2D eigenvalue weighted by Gasteiger charge is -2.26. The van der Waals surface area contributed by atoms with Gasteiger partial charge in [0.25, 0.3) is 0 Å². The summed E-state index contributed by atoms with van der Waals surface area (Å²) in [4.78, 5) is 4.55. The third-order valence-corrected chi connectivity index (χ3v) is 4.23. The fourth-order valence-corrected chi connectivity index (χ4v) is 3.07. The van der Waals surface area contributed by atoms with Gasteiger partial charge in [0, 0.05) is 5.92 Å². The highest BCUT2D eigenvalue weighted by molar-refractivity contribution is 5.00. The Bertz CT molecular complexity index is 388. The van der Waals surface area contributed by atoms with Crippen molar-refractivity contribution < 1.29 is 4.52 Å². The van der Waals surface area contributed by atoms with Crippen LogP contribution in [0.1, 0.15) is 83.0 Å². The molecule has 2 N–H and O–H groups in total. The molecule has 2 rings (SSSR count). The Morgan fingerprint density at radius 2 is 2.16 bits per heavy atom. The third-order valence-electron chi connectivity index (χ3n) is 4.23. The highest BCUT2D eigenvalue weighted by Gasteiger charge is 2.27. The standard InChI is InChI=1S/C15H27N3O/c1-4-11-6-5-7-12(9-11)14-17-15(19-18-14)13(16)8-10(2)3/h10-13H,4-9,16H2,1-3H3. The Hall–Kier alpha value is -0.900. The molecular formula is C15H27N3O. The van der Waals surface area contributed by atoms with E-state index in [0.29, 0.717) is 17.7 Å². The molecule has 0 amide bonds. The topological polar surface area (TPSA) is 64.9 Å². The Morgan fingerprint density at radius 3 is 2.84 bits per heavy atom. The molecule has 1 aliphatic carbocycles. The first kappa shape index (κ1) is 14.5. The van der Waals surface area contributed by atoms with Crippen LogP contribution in [0.4, 0.5) is 0 Å². The molecule has 108 valence electrons. The van der Waals surface area contributed by atoms with E-state index in [4.69, 9.17) is 10.3 Å². The Balaban J connectivity index is 2.00. The number of hydrogen-bond acceptors (Lipinski definition) is 4. The van der Waals surface area contributed by atoms with Crippen LogP contribution in [0.3, 0.4) is 0 Å². The summed E-state index contributed by atoms with van der Waals surface area (Å²) in [6, 6.07) is -0.119. The summed E-state index contributed by atoms with van der Waals surface area (Å²) in [5.41, 5.74) is 6.10. The van der Waals surface area contributed by atoms with Crippen molar-refractivity contribution in [3.63, 3.8) is 0 Å². The first-order valence-corrected chi connectivity index (χ1v) is 7.69. The summed E-state index contributed by atoms with van der Waals surface area (Å²) < 4.78 is 5.36. The Labute approximate surface area is 116 Å². The zero-order chi connectivity index (χ0) is 13.8. The number of rotatable bonds is 5. The zero-order valence-electron chi connectivity index (χ0n) is 12.4. The molecule has 1 heterocycles. The van der Waals surface area contributed by atoms with Gasteiger partial charge in [0.2, 0.25) is 5.89 Å². The van der Waals surface area contributed by atoms with Crippen molar-refractivity contribution in [1.82, 2.24) is 10.1 Å². The molecule has 1 aromatic heterocycles. The van der Waals surface area contributed by atoms with E-state index in [1.165, 1.54) is 32.1 Å². The van der Waals surface area contributed by atoms with Crippen LogP contribution in [-0.2, 0) is 0 Å². The monoisotopic (exact) mass is 265 g/mol. The first-order chi connectivity index (χ1) is 9.10. The molecule has 0 saturated heterocycles. The molecule has 0 spiro atoms. The predicted octanol–water partition coefficient (Wildman–Crippen LogP) is 3.80. The minimum atomic E-state index is -0.119. The second-order valence-corrected chi connectivity index (χ2v) is 6.36. The molecule has 0 aromatic carbocycles. The summed E-state index contributed by atoms with van der Waals surface area (Å²) >= 11 is 0. The summed E-state index contributed by atoms with van der Waals surface area (Å²) in [6.07, 6.45) is 7.18. The summed E-state index contributed by atoms with van der Waals surface area (Å²) in [5.74, 6) is 3.34. The van der Waals surface area contributed by atoms with Gasteiger partial charge in [-0.1, -0.05) is 45.2 Å². The molecule has 4 heteroatoms. The first-order valence-electron chi connectivity index (χ1n) is 7.69. The molecule has 0 aliphatic heterocycles. The maximum Gasteiger partial charge on any atom is 0.243 e. The fraction of sp³-hybridized carbons (Fsp3) is 0.867. The number of aromatic nitrogens is 2. The molecule has 0 bridgehead atoms. The Kier molecular flexibility index (Phi) is 4.97. The van der Waals surface area contributed by atoms with Crippen LogP contribution in [-0.4, -0.2) is 10.1 Å². The molecular weight excluding hydrogens is 238 g/mol. The predicted molar refractivity (Wildman–Crippen MR) is 75.7 cm³/mol. The van der Waals surface area contributed by atoms with Gasteiger partial charge in [0.15, 0.2) is 5.82 Å². The molecule has 1 saturated carbocycles. The largest absolute Gasteiger partial charge is 0.338 e. The van der Waals surface area contributed by atoms with E-state index in [1.54, 1.807) is 0 Å². The SMILES string of the molecule is CCC1CCCC(c2noc(C(N)CC(C)C)n2)C1. The van der Waals surface area contributed by atoms with Gasteiger partial charge in [-0.05, 0) is 31.1 Å². The normalized spacial score (nSPS) is 25.7. The van der Waals surface area contributed by atoms with Crippen LogP contribution in [0.25, 0.3) is 0 Å². The average molecular weight is 265 g/mol. The Morgan fingerprint density at radius 1 is 1.37 bits per heavy atom. The lowest BCUT2D eigenvalue weighted by molar-refractivity contribution is 0.294. The van der Waals surface area contributed by atoms with Gasteiger partial charge in [-0.15, -0.1) is 0 Å². The molecule has 1 fully saturated rings. The van der Waals surface area contributed by atoms with Crippen LogP contribution in [0.5, 0.6) is 0 Å². The lowest BCUT2D eigenvalue weighted by Crippen LogP contribution is -2.16. The molecule has 19 heavy (non-hydrogen) atoms. The molecule has 3 atom stereocenters. The molecule has 4 nitrogen and oxygen atoms in total. The van der Waals surface area contributed by atoms with Crippen LogP contribution in [0.15, 0.2) is 4.52 Å². The van der Waals surface area contributed by atoms with E-state index in [9.17, 15) is 0 Å². The molecule has 1 aliphatic rings. The zero-order valence-corrected chi connectivity index (χ0v) is 12.4. The van der Waals surface area contributed by atoms with Crippen LogP contribution in [0, 0.1) is 11.8 Å². The van der Waals surface area contributed by atoms with Gasteiger partial charge in [-0.25, -0.2) is 0 Å². The van der Waals surface area contributed by atoms with Gasteiger partial charge >= 0.3 is 0 Å². The molecule has 3 unspecified atom stereocenters. The van der Waals surface area contributed by atoms with Crippen LogP contribution in [0.2, 0.25) is 0 Å². The van der Waals surface area contributed by atoms with E-state index in [0.717, 1.165) is 18.2 Å². The van der Waals surface area contributed by atoms with Gasteiger partial charge in [0.05, 0.1) is 6.04 Å². The lowest BCUT2D eigenvalue weighted by atomic mass is 9.80. The summed E-state index contributed by atoms with van der Waals surface area (Å²) in [5, 5.41) is 4.17. The van der Waals surface area contributed by atoms with Crippen molar-refractivity contribution >= 4 is 0 Å². The highest BCUT2D eigenvalue weighted by atomic mass is 16.5. The average Bonchev–Trinajstić information content (AvgIpc) is 2.88. The smallest absolute Gasteiger partial charge is 0.243 e. The van der Waals surface area contributed by atoms with Crippen molar-refractivity contribution in [2.45, 2.75) is 71.3 Å². The van der Waals surface area contributed by atoms with E-state index in [-0.39, 0.29) is 6.04 Å². The summed E-state index contributed by atoms with van der Waals surface area (Å²) in [7, 11) is 0.